The molecule has 1 aromatic carbocycles. The number of hydrogen-bond donors (Lipinski definition) is 0. The van der Waals surface area contributed by atoms with E-state index in [0.29, 0.717) is 5.56 Å². The summed E-state index contributed by atoms with van der Waals surface area (Å²) >= 11 is 0. The van der Waals surface area contributed by atoms with E-state index in [1.54, 1.807) is 18.2 Å². The fourth-order valence-electron chi connectivity index (χ4n) is 1.25. The Morgan fingerprint density at radius 2 is 2.17 bits per heavy atom. The minimum atomic E-state index is -0.652. The third-order valence-corrected chi connectivity index (χ3v) is 1.82. The molecule has 0 spiro atoms. The normalized spacial score (nSPS) is 19.6. The van der Waals surface area contributed by atoms with Crippen LogP contribution in [0.25, 0.3) is 0 Å². The topological polar surface area (TPSA) is 54.4 Å². The van der Waals surface area contributed by atoms with Crippen molar-refractivity contribution in [2.75, 3.05) is 0 Å². The molecule has 0 fully saturated rings. The number of hydrogen-bond acceptors (Lipinski definition) is 2. The predicted octanol–water partition coefficient (Wildman–Crippen LogP) is 1.13. The lowest BCUT2D eigenvalue weighted by molar-refractivity contribution is 0.244. The first-order valence-corrected chi connectivity index (χ1v) is 3.54. The van der Waals surface area contributed by atoms with E-state index in [2.05, 4.69) is 0 Å². The third kappa shape index (κ3) is 0.785. The molecule has 0 radical (unpaired) electrons. The van der Waals surface area contributed by atoms with Crippen LogP contribution in [0.1, 0.15) is 17.2 Å². The predicted molar refractivity (Wildman–Crippen MR) is 41.9 cm³/mol. The highest BCUT2D eigenvalue weighted by atomic mass is 16.5. The largest absolute Gasteiger partial charge is 0.519 e. The van der Waals surface area contributed by atoms with Crippen LogP contribution in [0.4, 0.5) is 0 Å². The maximum Gasteiger partial charge on any atom is 0.519 e. The quantitative estimate of drug-likeness (QED) is 0.422. The second-order valence-corrected chi connectivity index (χ2v) is 2.52. The molecule has 1 unspecified atom stereocenters. The van der Waals surface area contributed by atoms with Gasteiger partial charge in [-0.1, -0.05) is 18.2 Å². The zero-order valence-corrected chi connectivity index (χ0v) is 6.19. The summed E-state index contributed by atoms with van der Waals surface area (Å²) in [6.45, 7) is 0. The number of cyclic esters (lactones) is 1. The fraction of sp³-hybridized carbons (Fsp3) is 0.111. The second-order valence-electron chi connectivity index (χ2n) is 2.52. The van der Waals surface area contributed by atoms with Crippen molar-refractivity contribution in [3.8, 4) is 6.07 Å². The summed E-state index contributed by atoms with van der Waals surface area (Å²) < 4.78 is 4.89. The van der Waals surface area contributed by atoms with Crippen LogP contribution in [0.2, 0.25) is 0 Å². The van der Waals surface area contributed by atoms with E-state index in [9.17, 15) is 4.79 Å². The molecule has 1 heterocycles. The maximum atomic E-state index is 9.23. The number of nitrogens with zero attached hydrogens (tertiary/aromatic N) is 1. The first-order chi connectivity index (χ1) is 5.83. The second kappa shape index (κ2) is 2.35. The van der Waals surface area contributed by atoms with Crippen molar-refractivity contribution in [3.05, 3.63) is 35.4 Å². The standard InChI is InChI=1S/C9H5NO2/c10-5-8-6-3-1-2-4-7(6)9(11)12-8/h1-4,8H/p+1. The van der Waals surface area contributed by atoms with Crippen molar-refractivity contribution >= 4 is 5.97 Å². The number of benzene rings is 1. The first kappa shape index (κ1) is 6.86. The summed E-state index contributed by atoms with van der Waals surface area (Å²) in [7, 11) is 0. The number of nitriles is 1. The molecular weight excluding hydrogens is 154 g/mol. The SMILES string of the molecule is N#CC1OC(=[OH+])c2ccccc21. The minimum Gasteiger partial charge on any atom is -0.335 e. The van der Waals surface area contributed by atoms with E-state index >= 15 is 0 Å². The van der Waals surface area contributed by atoms with Gasteiger partial charge in [0, 0.05) is 0 Å². The van der Waals surface area contributed by atoms with Crippen molar-refractivity contribution in [3.63, 3.8) is 0 Å². The Kier molecular flexibility index (Phi) is 1.34. The summed E-state index contributed by atoms with van der Waals surface area (Å²) in [6.07, 6.45) is -0.652. The number of ether oxygens (including phenoxy) is 1. The molecule has 2 rings (SSSR count). The minimum absolute atomic E-state index is 0.155. The van der Waals surface area contributed by atoms with Crippen molar-refractivity contribution < 1.29 is 9.53 Å². The molecule has 1 aromatic rings. The lowest BCUT2D eigenvalue weighted by Gasteiger charge is -1.90. The van der Waals surface area contributed by atoms with E-state index < -0.39 is 6.10 Å². The lowest BCUT2D eigenvalue weighted by atomic mass is 10.1. The Labute approximate surface area is 69.2 Å². The molecule has 12 heavy (non-hydrogen) atoms. The molecule has 0 aromatic heterocycles. The third-order valence-electron chi connectivity index (χ3n) is 1.82. The maximum absolute atomic E-state index is 9.23. The smallest absolute Gasteiger partial charge is 0.335 e. The summed E-state index contributed by atoms with van der Waals surface area (Å²) in [5, 5.41) is 8.63. The van der Waals surface area contributed by atoms with Gasteiger partial charge in [0.15, 0.2) is 0 Å². The van der Waals surface area contributed by atoms with Crippen molar-refractivity contribution in [2.45, 2.75) is 6.10 Å². The van der Waals surface area contributed by atoms with Crippen LogP contribution in [0.3, 0.4) is 0 Å². The summed E-state index contributed by atoms with van der Waals surface area (Å²) in [6, 6.07) is 9.04. The van der Waals surface area contributed by atoms with Gasteiger partial charge in [-0.05, 0) is 6.07 Å². The number of rotatable bonds is 0. The van der Waals surface area contributed by atoms with E-state index in [-0.39, 0.29) is 5.97 Å². The highest BCUT2D eigenvalue weighted by molar-refractivity contribution is 5.94. The average Bonchev–Trinajstić information content (AvgIpc) is 2.44. The molecule has 3 nitrogen and oxygen atoms in total. The molecule has 1 aliphatic rings. The molecule has 0 aliphatic carbocycles. The van der Waals surface area contributed by atoms with Crippen LogP contribution in [-0.2, 0) is 4.74 Å². The molecule has 0 saturated carbocycles. The van der Waals surface area contributed by atoms with Crippen LogP contribution in [0.15, 0.2) is 24.3 Å². The van der Waals surface area contributed by atoms with E-state index in [1.807, 2.05) is 12.1 Å². The van der Waals surface area contributed by atoms with Crippen LogP contribution in [-0.4, -0.2) is 10.8 Å². The van der Waals surface area contributed by atoms with Crippen LogP contribution in [0, 0.1) is 11.3 Å². The molecule has 58 valence electrons. The van der Waals surface area contributed by atoms with Gasteiger partial charge in [0.2, 0.25) is 0 Å². The molecule has 1 atom stereocenters. The highest BCUT2D eigenvalue weighted by Gasteiger charge is 2.38. The van der Waals surface area contributed by atoms with E-state index in [4.69, 9.17) is 10.00 Å². The molecule has 3 heteroatoms. The highest BCUT2D eigenvalue weighted by Crippen LogP contribution is 2.28. The van der Waals surface area contributed by atoms with Crippen molar-refractivity contribution in [1.82, 2.24) is 0 Å². The van der Waals surface area contributed by atoms with Gasteiger partial charge in [-0.15, -0.1) is 0 Å². The Balaban J connectivity index is 2.59. The average molecular weight is 160 g/mol. The van der Waals surface area contributed by atoms with Crippen molar-refractivity contribution in [1.29, 1.82) is 5.26 Å². The van der Waals surface area contributed by atoms with Gasteiger partial charge in [0.25, 0.3) is 0 Å². The van der Waals surface area contributed by atoms with Crippen LogP contribution < -0.4 is 0 Å². The number of carbonyl (C=O) groups excluding carboxylic acids is 1. The van der Waals surface area contributed by atoms with Gasteiger partial charge >= 0.3 is 12.1 Å². The fourth-order valence-corrected chi connectivity index (χ4v) is 1.25. The molecular formula is C9H6NO2+. The molecule has 0 saturated heterocycles. The summed E-state index contributed by atoms with van der Waals surface area (Å²) in [4.78, 5) is 9.23. The molecule has 1 aliphatic heterocycles. The number of esters is 1. The van der Waals surface area contributed by atoms with Gasteiger partial charge < -0.3 is 4.79 Å². The Morgan fingerprint density at radius 1 is 1.42 bits per heavy atom. The zero-order valence-electron chi connectivity index (χ0n) is 6.19. The number of fused-ring (bicyclic) bond motifs is 1. The van der Waals surface area contributed by atoms with E-state index in [0.717, 1.165) is 5.56 Å². The van der Waals surface area contributed by atoms with Gasteiger partial charge in [0.05, 0.1) is 5.56 Å². The monoisotopic (exact) mass is 160 g/mol. The summed E-state index contributed by atoms with van der Waals surface area (Å²) in [5.74, 6) is -0.155. The van der Waals surface area contributed by atoms with Gasteiger partial charge in [-0.25, -0.2) is 0 Å². The Morgan fingerprint density at radius 3 is 2.92 bits per heavy atom. The zero-order chi connectivity index (χ0) is 8.55. The van der Waals surface area contributed by atoms with Gasteiger partial charge in [-0.3, -0.25) is 4.74 Å². The van der Waals surface area contributed by atoms with Gasteiger partial charge in [-0.2, -0.15) is 5.26 Å². The first-order valence-electron chi connectivity index (χ1n) is 3.54. The van der Waals surface area contributed by atoms with E-state index in [1.165, 1.54) is 0 Å². The van der Waals surface area contributed by atoms with Crippen LogP contribution >= 0.6 is 0 Å². The Hall–Kier alpha value is -1.82. The lowest BCUT2D eigenvalue weighted by Crippen LogP contribution is -1.96. The summed E-state index contributed by atoms with van der Waals surface area (Å²) in [5.41, 5.74) is 1.35. The molecule has 0 amide bonds. The Bertz CT molecular complexity index is 378. The molecule has 1 N–H and O–H groups in total. The van der Waals surface area contributed by atoms with Gasteiger partial charge in [0.1, 0.15) is 11.6 Å². The molecule has 0 bridgehead atoms. The van der Waals surface area contributed by atoms with Crippen molar-refractivity contribution in [2.24, 2.45) is 0 Å². The van der Waals surface area contributed by atoms with Crippen LogP contribution in [0.5, 0.6) is 0 Å².